The number of hydrogen-bond donors (Lipinski definition) is 3. The first-order chi connectivity index (χ1) is 8.93. The van der Waals surface area contributed by atoms with E-state index in [4.69, 9.17) is 22.5 Å². The predicted octanol–water partition coefficient (Wildman–Crippen LogP) is 2.81. The van der Waals surface area contributed by atoms with Crippen molar-refractivity contribution in [3.8, 4) is 0 Å². The number of hydrogen-bond acceptors (Lipinski definition) is 3. The van der Waals surface area contributed by atoms with Gasteiger partial charge in [-0.25, -0.2) is 0 Å². The van der Waals surface area contributed by atoms with Crippen molar-refractivity contribution in [3.63, 3.8) is 0 Å². The van der Waals surface area contributed by atoms with Crippen molar-refractivity contribution in [2.24, 2.45) is 16.8 Å². The van der Waals surface area contributed by atoms with Gasteiger partial charge in [0.25, 0.3) is 0 Å². The molecule has 0 aliphatic heterocycles. The number of nitrogens with two attached hydrogens (primary N) is 1. The highest BCUT2D eigenvalue weighted by Crippen LogP contribution is 2.23. The lowest BCUT2D eigenvalue weighted by atomic mass is 10.1. The molecule has 0 atom stereocenters. The van der Waals surface area contributed by atoms with Gasteiger partial charge in [0.2, 0.25) is 5.91 Å². The van der Waals surface area contributed by atoms with E-state index < -0.39 is 0 Å². The molecular weight excluding hydrogens is 266 g/mol. The average Bonchev–Trinajstić information content (AvgIpc) is 2.38. The number of amides is 1. The number of carbonyl (C=O) groups is 1. The molecular formula is C13H18ClN3O2. The van der Waals surface area contributed by atoms with Crippen molar-refractivity contribution in [2.45, 2.75) is 26.7 Å². The summed E-state index contributed by atoms with van der Waals surface area (Å²) < 4.78 is 0. The van der Waals surface area contributed by atoms with Gasteiger partial charge in [-0.3, -0.25) is 4.79 Å². The summed E-state index contributed by atoms with van der Waals surface area (Å²) in [6.45, 7) is 4.11. The second kappa shape index (κ2) is 6.99. The first kappa shape index (κ1) is 15.3. The van der Waals surface area contributed by atoms with Crippen LogP contribution in [0.2, 0.25) is 5.02 Å². The predicted molar refractivity (Wildman–Crippen MR) is 76.7 cm³/mol. The second-order valence-electron chi connectivity index (χ2n) is 4.66. The molecule has 1 aromatic carbocycles. The van der Waals surface area contributed by atoms with Crippen LogP contribution in [-0.2, 0) is 4.79 Å². The fourth-order valence-electron chi connectivity index (χ4n) is 1.47. The van der Waals surface area contributed by atoms with E-state index in [2.05, 4.69) is 24.3 Å². The van der Waals surface area contributed by atoms with Crippen LogP contribution in [0.4, 0.5) is 5.69 Å². The quantitative estimate of drug-likeness (QED) is 0.336. The molecule has 6 heteroatoms. The Bertz CT molecular complexity index is 487. The molecule has 0 aromatic heterocycles. The fraction of sp³-hybridized carbons (Fsp3) is 0.385. The highest BCUT2D eigenvalue weighted by atomic mass is 35.5. The summed E-state index contributed by atoms with van der Waals surface area (Å²) in [5.41, 5.74) is 6.44. The van der Waals surface area contributed by atoms with Crippen LogP contribution in [0.3, 0.4) is 0 Å². The summed E-state index contributed by atoms with van der Waals surface area (Å²) in [4.78, 5) is 11.7. The molecule has 5 nitrogen and oxygen atoms in total. The molecule has 0 aliphatic carbocycles. The molecule has 0 saturated carbocycles. The van der Waals surface area contributed by atoms with Gasteiger partial charge in [0.05, 0.1) is 10.7 Å². The number of carbonyl (C=O) groups excluding carboxylic acids is 1. The smallest absolute Gasteiger partial charge is 0.224 e. The summed E-state index contributed by atoms with van der Waals surface area (Å²) in [5.74, 6) is 0.325. The summed E-state index contributed by atoms with van der Waals surface area (Å²) in [6.07, 6.45) is 1.24. The summed E-state index contributed by atoms with van der Waals surface area (Å²) in [5, 5.41) is 14.7. The third kappa shape index (κ3) is 4.79. The third-order valence-corrected chi connectivity index (χ3v) is 2.92. The van der Waals surface area contributed by atoms with Crippen LogP contribution < -0.4 is 11.1 Å². The van der Waals surface area contributed by atoms with Crippen molar-refractivity contribution in [1.29, 1.82) is 0 Å². The van der Waals surface area contributed by atoms with Crippen molar-refractivity contribution in [1.82, 2.24) is 0 Å². The van der Waals surface area contributed by atoms with Gasteiger partial charge in [0.15, 0.2) is 5.84 Å². The van der Waals surface area contributed by atoms with Gasteiger partial charge in [-0.2, -0.15) is 0 Å². The van der Waals surface area contributed by atoms with Crippen LogP contribution in [0.25, 0.3) is 0 Å². The minimum absolute atomic E-state index is 0.0330. The molecule has 1 aromatic rings. The van der Waals surface area contributed by atoms with E-state index in [-0.39, 0.29) is 11.7 Å². The Hall–Kier alpha value is -1.75. The van der Waals surface area contributed by atoms with Crippen molar-refractivity contribution in [3.05, 3.63) is 28.8 Å². The molecule has 1 amide bonds. The van der Waals surface area contributed by atoms with E-state index >= 15 is 0 Å². The Balaban J connectivity index is 2.80. The zero-order valence-corrected chi connectivity index (χ0v) is 11.7. The van der Waals surface area contributed by atoms with E-state index in [1.807, 2.05) is 0 Å². The number of oxime groups is 1. The largest absolute Gasteiger partial charge is 0.409 e. The molecule has 0 bridgehead atoms. The molecule has 104 valence electrons. The summed E-state index contributed by atoms with van der Waals surface area (Å²) in [6, 6.07) is 4.78. The maximum atomic E-state index is 11.7. The van der Waals surface area contributed by atoms with Gasteiger partial charge < -0.3 is 16.3 Å². The third-order valence-electron chi connectivity index (χ3n) is 2.59. The van der Waals surface area contributed by atoms with E-state index in [9.17, 15) is 4.79 Å². The summed E-state index contributed by atoms with van der Waals surface area (Å²) in [7, 11) is 0. The van der Waals surface area contributed by atoms with Crippen LogP contribution >= 0.6 is 11.6 Å². The number of halogens is 1. The minimum Gasteiger partial charge on any atom is -0.409 e. The van der Waals surface area contributed by atoms with Gasteiger partial charge in [0, 0.05) is 12.0 Å². The van der Waals surface area contributed by atoms with E-state index in [1.165, 1.54) is 0 Å². The number of benzene rings is 1. The Morgan fingerprint density at radius 3 is 2.79 bits per heavy atom. The maximum Gasteiger partial charge on any atom is 0.224 e. The number of nitrogens with one attached hydrogen (secondary N) is 1. The Morgan fingerprint density at radius 1 is 1.53 bits per heavy atom. The van der Waals surface area contributed by atoms with E-state index in [0.29, 0.717) is 28.6 Å². The van der Waals surface area contributed by atoms with Gasteiger partial charge in [-0.15, -0.1) is 0 Å². The van der Waals surface area contributed by atoms with E-state index in [1.54, 1.807) is 18.2 Å². The standard InChI is InChI=1S/C13H18ClN3O2/c1-8(2)3-6-12(18)16-11-7-9(13(15)17-19)4-5-10(11)14/h4-5,7-8,19H,3,6H2,1-2H3,(H2,15,17)(H,16,18). The number of rotatable bonds is 5. The maximum absolute atomic E-state index is 11.7. The second-order valence-corrected chi connectivity index (χ2v) is 5.07. The zero-order valence-electron chi connectivity index (χ0n) is 11.0. The van der Waals surface area contributed by atoms with Crippen molar-refractivity contribution < 1.29 is 10.0 Å². The minimum atomic E-state index is -0.104. The highest BCUT2D eigenvalue weighted by Gasteiger charge is 2.09. The average molecular weight is 284 g/mol. The molecule has 1 rings (SSSR count). The first-order valence-corrected chi connectivity index (χ1v) is 6.39. The van der Waals surface area contributed by atoms with Crippen LogP contribution in [0, 0.1) is 5.92 Å². The lowest BCUT2D eigenvalue weighted by Crippen LogP contribution is -2.16. The number of anilines is 1. The van der Waals surface area contributed by atoms with Crippen LogP contribution in [0.1, 0.15) is 32.3 Å². The molecule has 4 N–H and O–H groups in total. The van der Waals surface area contributed by atoms with Crippen LogP contribution in [-0.4, -0.2) is 17.0 Å². The molecule has 0 heterocycles. The zero-order chi connectivity index (χ0) is 14.4. The molecule has 0 spiro atoms. The molecule has 0 fully saturated rings. The fourth-order valence-corrected chi connectivity index (χ4v) is 1.64. The normalized spacial score (nSPS) is 11.7. The van der Waals surface area contributed by atoms with Crippen molar-refractivity contribution in [2.75, 3.05) is 5.32 Å². The topological polar surface area (TPSA) is 87.7 Å². The number of nitrogens with zero attached hydrogens (tertiary/aromatic N) is 1. The lowest BCUT2D eigenvalue weighted by molar-refractivity contribution is -0.116. The Labute approximate surface area is 117 Å². The highest BCUT2D eigenvalue weighted by molar-refractivity contribution is 6.33. The van der Waals surface area contributed by atoms with Crippen LogP contribution in [0.15, 0.2) is 23.4 Å². The van der Waals surface area contributed by atoms with Gasteiger partial charge in [0.1, 0.15) is 0 Å². The monoisotopic (exact) mass is 283 g/mol. The SMILES string of the molecule is CC(C)CCC(=O)Nc1cc(C(N)=NO)ccc1Cl. The van der Waals surface area contributed by atoms with Crippen molar-refractivity contribution >= 4 is 29.0 Å². The molecule has 19 heavy (non-hydrogen) atoms. The Morgan fingerprint density at radius 2 is 2.21 bits per heavy atom. The molecule has 0 aliphatic rings. The van der Waals surface area contributed by atoms with Gasteiger partial charge in [-0.1, -0.05) is 30.6 Å². The van der Waals surface area contributed by atoms with Gasteiger partial charge in [-0.05, 0) is 30.5 Å². The summed E-state index contributed by atoms with van der Waals surface area (Å²) >= 11 is 5.99. The molecule has 0 unspecified atom stereocenters. The Kier molecular flexibility index (Phi) is 5.63. The van der Waals surface area contributed by atoms with Crippen LogP contribution in [0.5, 0.6) is 0 Å². The molecule has 0 radical (unpaired) electrons. The first-order valence-electron chi connectivity index (χ1n) is 6.01. The molecule has 0 saturated heterocycles. The number of amidine groups is 1. The van der Waals surface area contributed by atoms with Gasteiger partial charge >= 0.3 is 0 Å². The lowest BCUT2D eigenvalue weighted by Gasteiger charge is -2.10. The van der Waals surface area contributed by atoms with E-state index in [0.717, 1.165) is 6.42 Å².